The highest BCUT2D eigenvalue weighted by Gasteiger charge is 2.50. The molecule has 1 amide bonds. The summed E-state index contributed by atoms with van der Waals surface area (Å²) in [6.45, 7) is 3.40. The highest BCUT2D eigenvalue weighted by atomic mass is 32.1. The van der Waals surface area contributed by atoms with Crippen LogP contribution in [0, 0.1) is 11.3 Å². The lowest BCUT2D eigenvalue weighted by Crippen LogP contribution is -2.43. The van der Waals surface area contributed by atoms with Crippen molar-refractivity contribution in [1.82, 2.24) is 19.9 Å². The van der Waals surface area contributed by atoms with E-state index in [0.29, 0.717) is 5.69 Å². The van der Waals surface area contributed by atoms with E-state index in [4.69, 9.17) is 17.5 Å². The van der Waals surface area contributed by atoms with Gasteiger partial charge < -0.3 is 4.90 Å². The summed E-state index contributed by atoms with van der Waals surface area (Å²) < 4.78 is 41.9. The molecule has 2 heterocycles. The van der Waals surface area contributed by atoms with Gasteiger partial charge in [0.2, 0.25) is 0 Å². The van der Waals surface area contributed by atoms with Crippen molar-refractivity contribution in [2.24, 2.45) is 0 Å². The molecule has 33 heavy (non-hydrogen) atoms. The Kier molecular flexibility index (Phi) is 5.41. The zero-order chi connectivity index (χ0) is 24.0. The summed E-state index contributed by atoms with van der Waals surface area (Å²) in [6.07, 6.45) is -3.05. The van der Waals surface area contributed by atoms with Crippen molar-refractivity contribution in [3.63, 3.8) is 0 Å². The first kappa shape index (κ1) is 22.4. The molecule has 0 spiro atoms. The first-order chi connectivity index (χ1) is 15.5. The van der Waals surface area contributed by atoms with Gasteiger partial charge in [-0.1, -0.05) is 23.4 Å². The van der Waals surface area contributed by atoms with Crippen molar-refractivity contribution in [3.8, 4) is 11.8 Å². The van der Waals surface area contributed by atoms with E-state index in [2.05, 4.69) is 10.3 Å². The number of alkyl halides is 3. The van der Waals surface area contributed by atoms with Crippen LogP contribution >= 0.6 is 12.2 Å². The molecule has 1 aliphatic heterocycles. The number of hydrogen-bond donors (Lipinski definition) is 0. The van der Waals surface area contributed by atoms with Gasteiger partial charge in [0.25, 0.3) is 5.91 Å². The molecule has 11 heteroatoms. The van der Waals surface area contributed by atoms with Crippen LogP contribution in [0.25, 0.3) is 5.69 Å². The van der Waals surface area contributed by atoms with Gasteiger partial charge in [0.05, 0.1) is 41.3 Å². The smallest absolute Gasteiger partial charge is 0.328 e. The summed E-state index contributed by atoms with van der Waals surface area (Å²) in [5.74, 6) is -0.485. The van der Waals surface area contributed by atoms with E-state index < -0.39 is 28.7 Å². The van der Waals surface area contributed by atoms with Crippen LogP contribution in [0.5, 0.6) is 0 Å². The second kappa shape index (κ2) is 7.97. The van der Waals surface area contributed by atoms with Crippen LogP contribution in [0.15, 0.2) is 54.7 Å². The number of amides is 1. The fraction of sp³-hybridized carbons (Fsp3) is 0.227. The normalized spacial score (nSPS) is 15.8. The number of para-hydroxylation sites is 1. The molecule has 0 radical (unpaired) electrons. The lowest BCUT2D eigenvalue weighted by atomic mass is 10.0. The van der Waals surface area contributed by atoms with E-state index in [1.54, 1.807) is 29.6 Å². The van der Waals surface area contributed by atoms with Gasteiger partial charge in [-0.3, -0.25) is 9.69 Å². The molecule has 2 aromatic carbocycles. The monoisotopic (exact) mass is 470 g/mol. The van der Waals surface area contributed by atoms with Gasteiger partial charge in [-0.25, -0.2) is 4.68 Å². The molecule has 3 aromatic rings. The molecule has 1 fully saturated rings. The van der Waals surface area contributed by atoms with Crippen LogP contribution in [0.1, 0.15) is 30.7 Å². The number of benzene rings is 2. The molecular formula is C22H17F3N6OS. The molecule has 168 valence electrons. The van der Waals surface area contributed by atoms with Gasteiger partial charge in [0, 0.05) is 0 Å². The van der Waals surface area contributed by atoms with Gasteiger partial charge in [-0.15, -0.1) is 5.10 Å². The maximum Gasteiger partial charge on any atom is 0.417 e. The van der Waals surface area contributed by atoms with Gasteiger partial charge in [0.15, 0.2) is 5.11 Å². The van der Waals surface area contributed by atoms with E-state index in [-0.39, 0.29) is 17.3 Å². The second-order valence-electron chi connectivity index (χ2n) is 7.90. The quantitative estimate of drug-likeness (QED) is 0.535. The molecule has 0 bridgehead atoms. The Labute approximate surface area is 192 Å². The van der Waals surface area contributed by atoms with Gasteiger partial charge >= 0.3 is 6.18 Å². The van der Waals surface area contributed by atoms with E-state index in [1.165, 1.54) is 12.1 Å². The van der Waals surface area contributed by atoms with Crippen molar-refractivity contribution >= 4 is 28.9 Å². The fourth-order valence-corrected chi connectivity index (χ4v) is 4.05. The van der Waals surface area contributed by atoms with Crippen LogP contribution in [0.4, 0.5) is 18.9 Å². The Morgan fingerprint density at radius 3 is 2.45 bits per heavy atom. The highest BCUT2D eigenvalue weighted by Crippen LogP contribution is 2.38. The minimum absolute atomic E-state index is 0.0390. The van der Waals surface area contributed by atoms with Crippen molar-refractivity contribution in [3.05, 3.63) is 71.5 Å². The van der Waals surface area contributed by atoms with E-state index in [9.17, 15) is 18.0 Å². The molecule has 1 saturated heterocycles. The lowest BCUT2D eigenvalue weighted by molar-refractivity contribution is -0.137. The molecule has 0 aliphatic carbocycles. The summed E-state index contributed by atoms with van der Waals surface area (Å²) in [5.41, 5.74) is -1.52. The lowest BCUT2D eigenvalue weighted by Gasteiger charge is -2.28. The van der Waals surface area contributed by atoms with E-state index in [1.807, 2.05) is 30.3 Å². The predicted molar refractivity (Wildman–Crippen MR) is 117 cm³/mol. The van der Waals surface area contributed by atoms with Crippen molar-refractivity contribution < 1.29 is 18.0 Å². The molecule has 1 aliphatic rings. The van der Waals surface area contributed by atoms with E-state index >= 15 is 0 Å². The Hall–Kier alpha value is -3.78. The Morgan fingerprint density at radius 1 is 1.12 bits per heavy atom. The molecular weight excluding hydrogens is 453 g/mol. The predicted octanol–water partition coefficient (Wildman–Crippen LogP) is 4.07. The number of anilines is 1. The maximum atomic E-state index is 13.4. The number of halogens is 3. The SMILES string of the molecule is CC1(C)C(=O)N(c2ccc(C#N)c(C(F)(F)F)c2)C(=S)N1Cc1cn(-c2ccccc2)nn1. The maximum absolute atomic E-state index is 13.4. The average molecular weight is 470 g/mol. The minimum atomic E-state index is -4.75. The summed E-state index contributed by atoms with van der Waals surface area (Å²) >= 11 is 5.50. The number of carbonyl (C=O) groups is 1. The summed E-state index contributed by atoms with van der Waals surface area (Å²) in [6, 6.07) is 13.9. The minimum Gasteiger partial charge on any atom is -0.328 e. The van der Waals surface area contributed by atoms with Gasteiger partial charge in [-0.2, -0.15) is 18.4 Å². The van der Waals surface area contributed by atoms with Gasteiger partial charge in [0.1, 0.15) is 11.2 Å². The third kappa shape index (κ3) is 3.93. The number of nitriles is 1. The van der Waals surface area contributed by atoms with Crippen LogP contribution in [-0.4, -0.2) is 36.5 Å². The van der Waals surface area contributed by atoms with Crippen LogP contribution in [0.2, 0.25) is 0 Å². The standard InChI is InChI=1S/C22H17F3N6OS/c1-21(2)19(32)31(17-9-8-14(11-26)18(10-17)22(23,24)25)20(33)29(21)12-15-13-30(28-27-15)16-6-4-3-5-7-16/h3-10,13H,12H2,1-2H3. The van der Waals surface area contributed by atoms with Gasteiger partial charge in [-0.05, 0) is 56.4 Å². The Bertz CT molecular complexity index is 1280. The van der Waals surface area contributed by atoms with Crippen molar-refractivity contribution in [2.45, 2.75) is 32.1 Å². The first-order valence-electron chi connectivity index (χ1n) is 9.78. The largest absolute Gasteiger partial charge is 0.417 e. The zero-order valence-electron chi connectivity index (χ0n) is 17.5. The molecule has 0 N–H and O–H groups in total. The molecule has 0 saturated carbocycles. The molecule has 0 atom stereocenters. The Morgan fingerprint density at radius 2 is 1.82 bits per heavy atom. The van der Waals surface area contributed by atoms with Crippen LogP contribution in [-0.2, 0) is 17.5 Å². The molecule has 4 rings (SSSR count). The summed E-state index contributed by atoms with van der Waals surface area (Å²) in [7, 11) is 0. The number of hydrogen-bond acceptors (Lipinski definition) is 5. The third-order valence-corrected chi connectivity index (χ3v) is 5.80. The number of thiocarbonyl (C=S) groups is 1. The molecule has 7 nitrogen and oxygen atoms in total. The number of rotatable bonds is 4. The van der Waals surface area contributed by atoms with E-state index in [0.717, 1.165) is 22.7 Å². The first-order valence-corrected chi connectivity index (χ1v) is 10.2. The summed E-state index contributed by atoms with van der Waals surface area (Å²) in [5, 5.41) is 17.3. The topological polar surface area (TPSA) is 78.0 Å². The second-order valence-corrected chi connectivity index (χ2v) is 8.26. The Balaban J connectivity index is 1.66. The molecule has 0 unspecified atom stereocenters. The number of carbonyl (C=O) groups excluding carboxylic acids is 1. The third-order valence-electron chi connectivity index (χ3n) is 5.39. The zero-order valence-corrected chi connectivity index (χ0v) is 18.4. The van der Waals surface area contributed by atoms with Crippen molar-refractivity contribution in [2.75, 3.05) is 4.90 Å². The number of aromatic nitrogens is 3. The highest BCUT2D eigenvalue weighted by molar-refractivity contribution is 7.80. The summed E-state index contributed by atoms with van der Waals surface area (Å²) in [4.78, 5) is 15.8. The van der Waals surface area contributed by atoms with Crippen LogP contribution < -0.4 is 4.90 Å². The number of nitrogens with zero attached hydrogens (tertiary/aromatic N) is 6. The average Bonchev–Trinajstić information content (AvgIpc) is 3.31. The molecule has 1 aromatic heterocycles. The van der Waals surface area contributed by atoms with Crippen LogP contribution in [0.3, 0.4) is 0 Å². The fourth-order valence-electron chi connectivity index (χ4n) is 3.57. The van der Waals surface area contributed by atoms with Crippen molar-refractivity contribution in [1.29, 1.82) is 5.26 Å².